The van der Waals surface area contributed by atoms with Crippen molar-refractivity contribution in [2.45, 2.75) is 53.1 Å². The second-order valence-corrected chi connectivity index (χ2v) is 4.79. The summed E-state index contributed by atoms with van der Waals surface area (Å²) in [6, 6.07) is 2.03. The highest BCUT2D eigenvalue weighted by molar-refractivity contribution is 5.36. The van der Waals surface area contributed by atoms with Crippen LogP contribution < -0.4 is 5.32 Å². The summed E-state index contributed by atoms with van der Waals surface area (Å²) in [5.41, 5.74) is 0.633. The Hall–Kier alpha value is -1.16. The number of aromatic nitrogens is 2. The number of nitrogens with zero attached hydrogens (tertiary/aromatic N) is 2. The van der Waals surface area contributed by atoms with Crippen molar-refractivity contribution < 1.29 is 4.74 Å². The first kappa shape index (κ1) is 14.9. The summed E-state index contributed by atoms with van der Waals surface area (Å²) >= 11 is 0. The summed E-state index contributed by atoms with van der Waals surface area (Å²) in [7, 11) is 0. The van der Waals surface area contributed by atoms with E-state index in [4.69, 9.17) is 4.74 Å². The van der Waals surface area contributed by atoms with E-state index in [-0.39, 0.29) is 0 Å². The third-order valence-electron chi connectivity index (χ3n) is 2.69. The fraction of sp³-hybridized carbons (Fsp3) is 0.714. The summed E-state index contributed by atoms with van der Waals surface area (Å²) in [4.78, 5) is 9.17. The molecule has 4 nitrogen and oxygen atoms in total. The highest BCUT2D eigenvalue weighted by Crippen LogP contribution is 2.23. The van der Waals surface area contributed by atoms with Gasteiger partial charge in [-0.15, -0.1) is 0 Å². The predicted molar refractivity (Wildman–Crippen MR) is 74.8 cm³/mol. The molecule has 1 N–H and O–H groups in total. The summed E-state index contributed by atoms with van der Waals surface area (Å²) in [6.07, 6.45) is 2.05. The van der Waals surface area contributed by atoms with Crippen molar-refractivity contribution >= 4 is 5.82 Å². The minimum absolute atomic E-state index is 0.442. The molecule has 18 heavy (non-hydrogen) atoms. The minimum atomic E-state index is -0.442. The van der Waals surface area contributed by atoms with Crippen molar-refractivity contribution in [2.75, 3.05) is 18.5 Å². The Labute approximate surface area is 110 Å². The lowest BCUT2D eigenvalue weighted by atomic mass is 10.1. The van der Waals surface area contributed by atoms with Gasteiger partial charge >= 0.3 is 0 Å². The van der Waals surface area contributed by atoms with Gasteiger partial charge in [-0.3, -0.25) is 0 Å². The van der Waals surface area contributed by atoms with Crippen molar-refractivity contribution in [3.05, 3.63) is 17.6 Å². The van der Waals surface area contributed by atoms with Crippen LogP contribution in [0.25, 0.3) is 0 Å². The van der Waals surface area contributed by atoms with Crippen molar-refractivity contribution in [3.8, 4) is 0 Å². The molecule has 0 aliphatic heterocycles. The van der Waals surface area contributed by atoms with Crippen molar-refractivity contribution in [1.29, 1.82) is 0 Å². The molecule has 4 heteroatoms. The van der Waals surface area contributed by atoms with Crippen LogP contribution in [0.5, 0.6) is 0 Å². The summed E-state index contributed by atoms with van der Waals surface area (Å²) in [5.74, 6) is 1.64. The molecule has 0 saturated heterocycles. The van der Waals surface area contributed by atoms with Crippen LogP contribution in [0.15, 0.2) is 6.07 Å². The number of hydrogen-bond donors (Lipinski definition) is 1. The van der Waals surface area contributed by atoms with Crippen LogP contribution in [-0.4, -0.2) is 23.1 Å². The van der Waals surface area contributed by atoms with E-state index < -0.39 is 5.60 Å². The highest BCUT2D eigenvalue weighted by Gasteiger charge is 2.25. The van der Waals surface area contributed by atoms with E-state index in [1.165, 1.54) is 0 Å². The fourth-order valence-electron chi connectivity index (χ4n) is 1.85. The number of nitrogens with one attached hydrogen (secondary N) is 1. The minimum Gasteiger partial charge on any atom is -0.370 e. The Bertz CT molecular complexity index is 353. The topological polar surface area (TPSA) is 47.0 Å². The third-order valence-corrected chi connectivity index (χ3v) is 2.69. The molecule has 0 aliphatic rings. The van der Waals surface area contributed by atoms with Gasteiger partial charge in [0.2, 0.25) is 0 Å². The number of aryl methyl sites for hydroxylation is 1. The molecule has 0 amide bonds. The SMILES string of the molecule is CCCc1cc(NCC)nc(C(C)(C)OCC)n1. The molecule has 0 radical (unpaired) electrons. The van der Waals surface area contributed by atoms with Gasteiger partial charge in [0.25, 0.3) is 0 Å². The summed E-state index contributed by atoms with van der Waals surface area (Å²) in [5, 5.41) is 3.25. The van der Waals surface area contributed by atoms with Crippen LogP contribution in [-0.2, 0) is 16.8 Å². The largest absolute Gasteiger partial charge is 0.370 e. The lowest BCUT2D eigenvalue weighted by molar-refractivity contribution is -0.0208. The van der Waals surface area contributed by atoms with Gasteiger partial charge in [-0.1, -0.05) is 13.3 Å². The van der Waals surface area contributed by atoms with Crippen LogP contribution in [0.3, 0.4) is 0 Å². The normalized spacial score (nSPS) is 11.6. The van der Waals surface area contributed by atoms with Crippen molar-refractivity contribution in [2.24, 2.45) is 0 Å². The van der Waals surface area contributed by atoms with Crippen LogP contribution in [0.2, 0.25) is 0 Å². The maximum atomic E-state index is 5.73. The monoisotopic (exact) mass is 251 g/mol. The predicted octanol–water partition coefficient (Wildman–Crippen LogP) is 3.13. The molecule has 0 spiro atoms. The van der Waals surface area contributed by atoms with Crippen LogP contribution in [0.4, 0.5) is 5.82 Å². The average molecular weight is 251 g/mol. The molecule has 0 atom stereocenters. The number of ether oxygens (including phenoxy) is 1. The van der Waals surface area contributed by atoms with E-state index in [1.807, 2.05) is 26.8 Å². The Morgan fingerprint density at radius 2 is 1.94 bits per heavy atom. The number of rotatable bonds is 7. The molecule has 0 saturated carbocycles. The first-order valence-electron chi connectivity index (χ1n) is 6.79. The van der Waals surface area contributed by atoms with E-state index in [9.17, 15) is 0 Å². The van der Waals surface area contributed by atoms with E-state index >= 15 is 0 Å². The van der Waals surface area contributed by atoms with Crippen LogP contribution >= 0.6 is 0 Å². The molecule has 1 aromatic heterocycles. The second kappa shape index (κ2) is 6.69. The van der Waals surface area contributed by atoms with Crippen molar-refractivity contribution in [1.82, 2.24) is 9.97 Å². The van der Waals surface area contributed by atoms with Gasteiger partial charge in [-0.25, -0.2) is 9.97 Å². The molecule has 1 rings (SSSR count). The summed E-state index contributed by atoms with van der Waals surface area (Å²) < 4.78 is 5.73. The third kappa shape index (κ3) is 3.95. The molecule has 0 aliphatic carbocycles. The van der Waals surface area contributed by atoms with E-state index in [2.05, 4.69) is 29.1 Å². The van der Waals surface area contributed by atoms with Gasteiger partial charge < -0.3 is 10.1 Å². The zero-order valence-electron chi connectivity index (χ0n) is 12.2. The molecular weight excluding hydrogens is 226 g/mol. The van der Waals surface area contributed by atoms with Gasteiger partial charge in [-0.2, -0.15) is 0 Å². The highest BCUT2D eigenvalue weighted by atomic mass is 16.5. The number of hydrogen-bond acceptors (Lipinski definition) is 4. The Morgan fingerprint density at radius 1 is 1.22 bits per heavy atom. The smallest absolute Gasteiger partial charge is 0.162 e. The molecule has 0 fully saturated rings. The average Bonchev–Trinajstić information content (AvgIpc) is 2.29. The lowest BCUT2D eigenvalue weighted by Gasteiger charge is -2.24. The van der Waals surface area contributed by atoms with Crippen molar-refractivity contribution in [3.63, 3.8) is 0 Å². The quantitative estimate of drug-likeness (QED) is 0.808. The second-order valence-electron chi connectivity index (χ2n) is 4.79. The zero-order chi connectivity index (χ0) is 13.6. The molecule has 102 valence electrons. The van der Waals surface area contributed by atoms with Gasteiger partial charge in [0, 0.05) is 24.9 Å². The lowest BCUT2D eigenvalue weighted by Crippen LogP contribution is -2.26. The van der Waals surface area contributed by atoms with Gasteiger partial charge in [0.05, 0.1) is 0 Å². The van der Waals surface area contributed by atoms with Crippen LogP contribution in [0.1, 0.15) is 52.6 Å². The zero-order valence-corrected chi connectivity index (χ0v) is 12.2. The van der Waals surface area contributed by atoms with E-state index in [0.29, 0.717) is 6.61 Å². The molecule has 0 unspecified atom stereocenters. The van der Waals surface area contributed by atoms with Crippen LogP contribution in [0, 0.1) is 0 Å². The maximum absolute atomic E-state index is 5.73. The molecule has 1 heterocycles. The van der Waals surface area contributed by atoms with Gasteiger partial charge in [0.1, 0.15) is 11.4 Å². The first-order chi connectivity index (χ1) is 8.53. The standard InChI is InChI=1S/C14H25N3O/c1-6-9-11-10-12(15-7-2)17-13(16-11)14(4,5)18-8-3/h10H,6-9H2,1-5H3,(H,15,16,17). The maximum Gasteiger partial charge on any atom is 0.162 e. The molecule has 1 aromatic rings. The summed E-state index contributed by atoms with van der Waals surface area (Å²) in [6.45, 7) is 11.7. The Morgan fingerprint density at radius 3 is 2.50 bits per heavy atom. The van der Waals surface area contributed by atoms with E-state index in [0.717, 1.165) is 36.7 Å². The molecule has 0 bridgehead atoms. The van der Waals surface area contributed by atoms with Gasteiger partial charge in [-0.05, 0) is 34.1 Å². The Balaban J connectivity index is 3.09. The Kier molecular flexibility index (Phi) is 5.54. The fourth-order valence-corrected chi connectivity index (χ4v) is 1.85. The van der Waals surface area contributed by atoms with Gasteiger partial charge in [0.15, 0.2) is 5.82 Å². The number of anilines is 1. The first-order valence-corrected chi connectivity index (χ1v) is 6.79. The molecule has 0 aromatic carbocycles. The van der Waals surface area contributed by atoms with E-state index in [1.54, 1.807) is 0 Å². The molecular formula is C14H25N3O.